The van der Waals surface area contributed by atoms with Gasteiger partial charge >= 0.3 is 0 Å². The first-order valence-corrected chi connectivity index (χ1v) is 3.69. The maximum Gasteiger partial charge on any atom is 0.162 e. The van der Waals surface area contributed by atoms with Gasteiger partial charge in [0, 0.05) is 0 Å². The monoisotopic (exact) mass is 168 g/mol. The molecule has 0 radical (unpaired) electrons. The van der Waals surface area contributed by atoms with E-state index in [4.69, 9.17) is 11.6 Å². The smallest absolute Gasteiger partial charge is 0.162 e. The van der Waals surface area contributed by atoms with Crippen LogP contribution in [0.5, 0.6) is 0 Å². The van der Waals surface area contributed by atoms with Crippen LogP contribution in [0.2, 0.25) is 0 Å². The average Bonchev–Trinajstić information content (AvgIpc) is 2.50. The summed E-state index contributed by atoms with van der Waals surface area (Å²) in [5, 5.41) is 0. The van der Waals surface area contributed by atoms with Crippen molar-refractivity contribution < 1.29 is 0 Å². The van der Waals surface area contributed by atoms with Crippen LogP contribution in [0.1, 0.15) is 0 Å². The highest BCUT2D eigenvalue weighted by Crippen LogP contribution is 2.09. The molecule has 0 amide bonds. The number of fused-ring (bicyclic) bond motifs is 1. The predicted molar refractivity (Wildman–Crippen MR) is 46.4 cm³/mol. The maximum absolute atomic E-state index is 5.63. The molecule has 2 aliphatic heterocycles. The molecule has 1 atom stereocenters. The maximum atomic E-state index is 5.63. The Labute approximate surface area is 68.4 Å². The molecule has 0 spiro atoms. The molecule has 1 unspecified atom stereocenters. The fourth-order valence-corrected chi connectivity index (χ4v) is 1.19. The van der Waals surface area contributed by atoms with E-state index in [-0.39, 0.29) is 6.04 Å². The molecule has 0 N–H and O–H groups in total. The molecule has 56 valence electrons. The zero-order valence-corrected chi connectivity index (χ0v) is 6.36. The van der Waals surface area contributed by atoms with Crippen LogP contribution in [0.25, 0.3) is 0 Å². The highest BCUT2D eigenvalue weighted by atomic mass is 35.5. The summed E-state index contributed by atoms with van der Waals surface area (Å²) in [6.07, 6.45) is 2.95. The minimum atomic E-state index is -0.113. The van der Waals surface area contributed by atoms with Crippen molar-refractivity contribution in [3.63, 3.8) is 0 Å². The summed E-state index contributed by atoms with van der Waals surface area (Å²) in [7, 11) is 0. The van der Waals surface area contributed by atoms with Gasteiger partial charge in [0.15, 0.2) is 11.9 Å². The van der Waals surface area contributed by atoms with E-state index >= 15 is 0 Å². The molecule has 0 aromatic rings. The second-order valence-corrected chi connectivity index (χ2v) is 2.42. The van der Waals surface area contributed by atoms with Crippen LogP contribution in [0, 0.1) is 0 Å². The Hall–Kier alpha value is -1.03. The van der Waals surface area contributed by atoms with E-state index in [1.165, 1.54) is 12.7 Å². The van der Waals surface area contributed by atoms with Gasteiger partial charge in [-0.2, -0.15) is 0 Å². The van der Waals surface area contributed by atoms with E-state index in [9.17, 15) is 0 Å². The SMILES string of the molecule is ClCC1=NC=NC2=NC=NC12. The zero-order chi connectivity index (χ0) is 7.68. The fourth-order valence-electron chi connectivity index (χ4n) is 0.976. The summed E-state index contributed by atoms with van der Waals surface area (Å²) >= 11 is 5.63. The fraction of sp³-hybridized carbons (Fsp3) is 0.333. The average molecular weight is 169 g/mol. The molecule has 2 heterocycles. The first kappa shape index (κ1) is 6.67. The number of amidine groups is 1. The lowest BCUT2D eigenvalue weighted by Crippen LogP contribution is -2.29. The van der Waals surface area contributed by atoms with Crippen LogP contribution >= 0.6 is 11.6 Å². The van der Waals surface area contributed by atoms with Gasteiger partial charge in [-0.25, -0.2) is 15.0 Å². The lowest BCUT2D eigenvalue weighted by atomic mass is 10.2. The van der Waals surface area contributed by atoms with Gasteiger partial charge in [0.25, 0.3) is 0 Å². The summed E-state index contributed by atoms with van der Waals surface area (Å²) in [5.41, 5.74) is 0.814. The number of aliphatic imine (C=N–C) groups is 4. The number of nitrogens with zero attached hydrogens (tertiary/aromatic N) is 4. The van der Waals surface area contributed by atoms with Crippen molar-refractivity contribution in [2.45, 2.75) is 6.04 Å². The molecule has 0 aliphatic carbocycles. The molecule has 2 aliphatic rings. The van der Waals surface area contributed by atoms with Gasteiger partial charge in [-0.15, -0.1) is 11.6 Å². The van der Waals surface area contributed by atoms with Crippen LogP contribution in [0.4, 0.5) is 0 Å². The van der Waals surface area contributed by atoms with Crippen molar-refractivity contribution >= 4 is 35.8 Å². The molecule has 0 aromatic heterocycles. The Morgan fingerprint density at radius 3 is 3.09 bits per heavy atom. The number of rotatable bonds is 1. The van der Waals surface area contributed by atoms with E-state index < -0.39 is 0 Å². The molecule has 11 heavy (non-hydrogen) atoms. The molecule has 0 aromatic carbocycles. The minimum Gasteiger partial charge on any atom is -0.256 e. The standard InChI is InChI=1S/C6H5ClN4/c7-1-4-5-6(10-2-8-4)11-3-9-5/h2-3,5H,1H2. The van der Waals surface area contributed by atoms with Crippen LogP contribution in [-0.4, -0.2) is 36.1 Å². The Bertz CT molecular complexity index is 289. The second-order valence-electron chi connectivity index (χ2n) is 2.15. The first-order valence-electron chi connectivity index (χ1n) is 3.16. The van der Waals surface area contributed by atoms with Crippen molar-refractivity contribution in [3.05, 3.63) is 0 Å². The highest BCUT2D eigenvalue weighted by molar-refractivity contribution is 6.34. The van der Waals surface area contributed by atoms with E-state index in [0.717, 1.165) is 5.71 Å². The largest absolute Gasteiger partial charge is 0.256 e. The molecule has 0 bridgehead atoms. The molecule has 0 saturated carbocycles. The summed E-state index contributed by atoms with van der Waals surface area (Å²) in [6.45, 7) is 0. The summed E-state index contributed by atoms with van der Waals surface area (Å²) in [4.78, 5) is 15.9. The highest BCUT2D eigenvalue weighted by Gasteiger charge is 2.24. The molecule has 5 heteroatoms. The van der Waals surface area contributed by atoms with Crippen molar-refractivity contribution in [2.75, 3.05) is 5.88 Å². The molecule has 2 rings (SSSR count). The third kappa shape index (κ3) is 0.991. The van der Waals surface area contributed by atoms with Crippen LogP contribution < -0.4 is 0 Å². The van der Waals surface area contributed by atoms with Gasteiger partial charge in [0.05, 0.1) is 11.6 Å². The van der Waals surface area contributed by atoms with Crippen molar-refractivity contribution in [3.8, 4) is 0 Å². The number of hydrogen-bond acceptors (Lipinski definition) is 4. The summed E-state index contributed by atoms with van der Waals surface area (Å²) in [5.74, 6) is 1.07. The number of hydrogen-bond donors (Lipinski definition) is 0. The molecular weight excluding hydrogens is 164 g/mol. The summed E-state index contributed by atoms with van der Waals surface area (Å²) in [6, 6.07) is -0.113. The quantitative estimate of drug-likeness (QED) is 0.513. The lowest BCUT2D eigenvalue weighted by Gasteiger charge is -2.10. The van der Waals surface area contributed by atoms with Crippen LogP contribution in [0.3, 0.4) is 0 Å². The molecule has 0 fully saturated rings. The van der Waals surface area contributed by atoms with E-state index in [2.05, 4.69) is 20.0 Å². The molecule has 4 nitrogen and oxygen atoms in total. The molecular formula is C6H5ClN4. The Morgan fingerprint density at radius 2 is 2.27 bits per heavy atom. The number of alkyl halides is 1. The van der Waals surface area contributed by atoms with Gasteiger partial charge in [-0.1, -0.05) is 0 Å². The second kappa shape index (κ2) is 2.54. The van der Waals surface area contributed by atoms with Crippen LogP contribution in [0.15, 0.2) is 20.0 Å². The lowest BCUT2D eigenvalue weighted by molar-refractivity contribution is 1.13. The van der Waals surface area contributed by atoms with Gasteiger partial charge in [0.1, 0.15) is 12.7 Å². The third-order valence-electron chi connectivity index (χ3n) is 1.52. The van der Waals surface area contributed by atoms with E-state index in [0.29, 0.717) is 11.7 Å². The van der Waals surface area contributed by atoms with Crippen molar-refractivity contribution in [1.82, 2.24) is 0 Å². The minimum absolute atomic E-state index is 0.113. The first-order chi connectivity index (χ1) is 5.42. The predicted octanol–water partition coefficient (Wildman–Crippen LogP) is 0.517. The van der Waals surface area contributed by atoms with E-state index in [1.54, 1.807) is 0 Å². The van der Waals surface area contributed by atoms with Crippen LogP contribution in [-0.2, 0) is 0 Å². The summed E-state index contributed by atoms with van der Waals surface area (Å²) < 4.78 is 0. The van der Waals surface area contributed by atoms with Gasteiger partial charge in [-0.3, -0.25) is 4.99 Å². The van der Waals surface area contributed by atoms with E-state index in [1.807, 2.05) is 0 Å². The Kier molecular flexibility index (Phi) is 1.54. The van der Waals surface area contributed by atoms with Gasteiger partial charge in [-0.05, 0) is 0 Å². The third-order valence-corrected chi connectivity index (χ3v) is 1.79. The van der Waals surface area contributed by atoms with Crippen molar-refractivity contribution in [2.24, 2.45) is 20.0 Å². The normalized spacial score (nSPS) is 26.5. The number of halogens is 1. The van der Waals surface area contributed by atoms with Gasteiger partial charge < -0.3 is 0 Å². The zero-order valence-electron chi connectivity index (χ0n) is 5.61. The molecule has 0 saturated heterocycles. The Balaban J connectivity index is 2.35. The van der Waals surface area contributed by atoms with Crippen molar-refractivity contribution in [1.29, 1.82) is 0 Å². The topological polar surface area (TPSA) is 49.4 Å². The van der Waals surface area contributed by atoms with Gasteiger partial charge in [0.2, 0.25) is 0 Å². The Morgan fingerprint density at radius 1 is 1.36 bits per heavy atom.